The number of hydrogen-bond acceptors (Lipinski definition) is 4. The number of benzene rings is 1. The lowest BCUT2D eigenvalue weighted by molar-refractivity contribution is 0.0734. The van der Waals surface area contributed by atoms with Crippen LogP contribution in [0.2, 0.25) is 0 Å². The molecule has 5 nitrogen and oxygen atoms in total. The van der Waals surface area contributed by atoms with Gasteiger partial charge in [-0.1, -0.05) is 13.0 Å². The van der Waals surface area contributed by atoms with E-state index in [1.54, 1.807) is 17.0 Å². The van der Waals surface area contributed by atoms with Crippen LogP contribution in [-0.2, 0) is 16.3 Å². The quantitative estimate of drug-likeness (QED) is 0.891. The van der Waals surface area contributed by atoms with Crippen molar-refractivity contribution in [3.63, 3.8) is 0 Å². The molecular weight excluding hydrogens is 276 g/mol. The molecular formula is C14H20N2O3S. The Hall–Kier alpha value is -1.40. The molecule has 1 heterocycles. The summed E-state index contributed by atoms with van der Waals surface area (Å²) in [6, 6.07) is 4.83. The largest absolute Gasteiger partial charge is 0.336 e. The topological polar surface area (TPSA) is 66.5 Å². The number of hydrogen-bond donors (Lipinski definition) is 1. The highest BCUT2D eigenvalue weighted by atomic mass is 32.2. The van der Waals surface area contributed by atoms with Crippen LogP contribution in [0.3, 0.4) is 0 Å². The van der Waals surface area contributed by atoms with Crippen molar-refractivity contribution in [3.05, 3.63) is 29.3 Å². The molecule has 0 radical (unpaired) electrons. The van der Waals surface area contributed by atoms with Crippen LogP contribution in [0.5, 0.6) is 0 Å². The average Bonchev–Trinajstić information content (AvgIpc) is 2.45. The first-order valence-electron chi connectivity index (χ1n) is 6.76. The third-order valence-electron chi connectivity index (χ3n) is 3.53. The highest BCUT2D eigenvalue weighted by molar-refractivity contribution is 7.90. The first-order chi connectivity index (χ1) is 9.43. The lowest BCUT2D eigenvalue weighted by Gasteiger charge is -2.28. The summed E-state index contributed by atoms with van der Waals surface area (Å²) in [6.45, 7) is 4.83. The van der Waals surface area contributed by atoms with Gasteiger partial charge in [-0.2, -0.15) is 0 Å². The minimum atomic E-state index is -3.30. The van der Waals surface area contributed by atoms with Gasteiger partial charge in [0, 0.05) is 38.0 Å². The Bertz CT molecular complexity index is 605. The molecule has 2 rings (SSSR count). The fraction of sp³-hybridized carbons (Fsp3) is 0.500. The van der Waals surface area contributed by atoms with Crippen LogP contribution in [0, 0.1) is 0 Å². The van der Waals surface area contributed by atoms with Gasteiger partial charge in [0.2, 0.25) is 0 Å². The monoisotopic (exact) mass is 296 g/mol. The SMILES string of the molecule is CCc1ccc(S(C)(=O)=O)cc1C(=O)N1CCNCC1. The molecule has 0 spiro atoms. The first kappa shape index (κ1) is 15.0. The Labute approximate surface area is 119 Å². The van der Waals surface area contributed by atoms with Crippen molar-refractivity contribution in [3.8, 4) is 0 Å². The van der Waals surface area contributed by atoms with Crippen LogP contribution in [-0.4, -0.2) is 51.7 Å². The van der Waals surface area contributed by atoms with Gasteiger partial charge in [-0.3, -0.25) is 4.79 Å². The van der Waals surface area contributed by atoms with Crippen LogP contribution in [0.15, 0.2) is 23.1 Å². The number of nitrogens with zero attached hydrogens (tertiary/aromatic N) is 1. The predicted octanol–water partition coefficient (Wildman–Crippen LogP) is 0.698. The summed E-state index contributed by atoms with van der Waals surface area (Å²) >= 11 is 0. The van der Waals surface area contributed by atoms with Crippen LogP contribution < -0.4 is 5.32 Å². The zero-order valence-electron chi connectivity index (χ0n) is 11.8. The van der Waals surface area contributed by atoms with E-state index in [2.05, 4.69) is 5.32 Å². The van der Waals surface area contributed by atoms with E-state index in [-0.39, 0.29) is 10.8 Å². The Morgan fingerprint density at radius 1 is 1.30 bits per heavy atom. The molecule has 0 atom stereocenters. The summed E-state index contributed by atoms with van der Waals surface area (Å²) in [5.74, 6) is -0.0751. The van der Waals surface area contributed by atoms with Gasteiger partial charge in [0.05, 0.1) is 4.90 Å². The molecule has 20 heavy (non-hydrogen) atoms. The van der Waals surface area contributed by atoms with Crippen molar-refractivity contribution in [2.24, 2.45) is 0 Å². The van der Waals surface area contributed by atoms with Crippen molar-refractivity contribution >= 4 is 15.7 Å². The summed E-state index contributed by atoms with van der Waals surface area (Å²) in [5, 5.41) is 3.20. The van der Waals surface area contributed by atoms with Crippen LogP contribution in [0.25, 0.3) is 0 Å². The number of aryl methyl sites for hydroxylation is 1. The van der Waals surface area contributed by atoms with E-state index in [1.165, 1.54) is 6.07 Å². The molecule has 0 aliphatic carbocycles. The van der Waals surface area contributed by atoms with Gasteiger partial charge in [0.25, 0.3) is 5.91 Å². The van der Waals surface area contributed by atoms with Gasteiger partial charge < -0.3 is 10.2 Å². The predicted molar refractivity (Wildman–Crippen MR) is 77.7 cm³/mol. The van der Waals surface area contributed by atoms with E-state index in [0.717, 1.165) is 24.9 Å². The number of nitrogens with one attached hydrogen (secondary N) is 1. The van der Waals surface area contributed by atoms with Crippen molar-refractivity contribution in [2.75, 3.05) is 32.4 Å². The lowest BCUT2D eigenvalue weighted by Crippen LogP contribution is -2.46. The van der Waals surface area contributed by atoms with Crippen LogP contribution in [0.4, 0.5) is 0 Å². The number of rotatable bonds is 3. The number of piperazine rings is 1. The van der Waals surface area contributed by atoms with Gasteiger partial charge in [0.15, 0.2) is 9.84 Å². The Morgan fingerprint density at radius 3 is 2.50 bits per heavy atom. The molecule has 1 aliphatic rings. The normalized spacial score (nSPS) is 16.2. The van der Waals surface area contributed by atoms with E-state index in [4.69, 9.17) is 0 Å². The number of carbonyl (C=O) groups excluding carboxylic acids is 1. The van der Waals surface area contributed by atoms with Gasteiger partial charge in [-0.05, 0) is 24.1 Å². The molecule has 0 saturated carbocycles. The van der Waals surface area contributed by atoms with Gasteiger partial charge in [-0.25, -0.2) is 8.42 Å². The van der Waals surface area contributed by atoms with Crippen LogP contribution in [0.1, 0.15) is 22.8 Å². The molecule has 0 bridgehead atoms. The standard InChI is InChI=1S/C14H20N2O3S/c1-3-11-4-5-12(20(2,18)19)10-13(11)14(17)16-8-6-15-7-9-16/h4-5,10,15H,3,6-9H2,1-2H3. The Balaban J connectivity index is 2.39. The maximum absolute atomic E-state index is 12.6. The van der Waals surface area contributed by atoms with E-state index >= 15 is 0 Å². The summed E-state index contributed by atoms with van der Waals surface area (Å²) in [4.78, 5) is 14.5. The second-order valence-corrected chi connectivity index (χ2v) is 7.00. The van der Waals surface area contributed by atoms with Gasteiger partial charge in [-0.15, -0.1) is 0 Å². The van der Waals surface area contributed by atoms with E-state index in [0.29, 0.717) is 25.1 Å². The molecule has 6 heteroatoms. The number of amides is 1. The number of carbonyl (C=O) groups is 1. The third-order valence-corrected chi connectivity index (χ3v) is 4.64. The van der Waals surface area contributed by atoms with Crippen molar-refractivity contribution in [1.29, 1.82) is 0 Å². The lowest BCUT2D eigenvalue weighted by atomic mass is 10.0. The average molecular weight is 296 g/mol. The summed E-state index contributed by atoms with van der Waals surface area (Å²) in [7, 11) is -3.30. The maximum atomic E-state index is 12.6. The van der Waals surface area contributed by atoms with Gasteiger partial charge in [0.1, 0.15) is 0 Å². The molecule has 1 saturated heterocycles. The molecule has 0 aromatic heterocycles. The molecule has 1 aliphatic heterocycles. The van der Waals surface area contributed by atoms with Crippen molar-refractivity contribution in [2.45, 2.75) is 18.2 Å². The minimum Gasteiger partial charge on any atom is -0.336 e. The van der Waals surface area contributed by atoms with Crippen molar-refractivity contribution in [1.82, 2.24) is 10.2 Å². The zero-order valence-corrected chi connectivity index (χ0v) is 12.7. The molecule has 1 N–H and O–H groups in total. The van der Waals surface area contributed by atoms with Crippen LogP contribution >= 0.6 is 0 Å². The molecule has 1 amide bonds. The maximum Gasteiger partial charge on any atom is 0.254 e. The molecule has 1 fully saturated rings. The summed E-state index contributed by atoms with van der Waals surface area (Å²) in [5.41, 5.74) is 1.40. The summed E-state index contributed by atoms with van der Waals surface area (Å²) in [6.07, 6.45) is 1.87. The van der Waals surface area contributed by atoms with E-state index < -0.39 is 9.84 Å². The second-order valence-electron chi connectivity index (χ2n) is 4.99. The zero-order chi connectivity index (χ0) is 14.8. The Kier molecular flexibility index (Phi) is 4.45. The molecule has 0 unspecified atom stereocenters. The molecule has 1 aromatic carbocycles. The van der Waals surface area contributed by atoms with Crippen molar-refractivity contribution < 1.29 is 13.2 Å². The smallest absolute Gasteiger partial charge is 0.254 e. The first-order valence-corrected chi connectivity index (χ1v) is 8.65. The van der Waals surface area contributed by atoms with E-state index in [1.807, 2.05) is 6.92 Å². The molecule has 110 valence electrons. The minimum absolute atomic E-state index is 0.0751. The fourth-order valence-electron chi connectivity index (χ4n) is 2.33. The second kappa shape index (κ2) is 5.93. The Morgan fingerprint density at radius 2 is 1.95 bits per heavy atom. The molecule has 1 aromatic rings. The number of sulfone groups is 1. The highest BCUT2D eigenvalue weighted by Crippen LogP contribution is 2.19. The summed E-state index contributed by atoms with van der Waals surface area (Å²) < 4.78 is 23.3. The van der Waals surface area contributed by atoms with E-state index in [9.17, 15) is 13.2 Å². The fourth-order valence-corrected chi connectivity index (χ4v) is 2.98. The highest BCUT2D eigenvalue weighted by Gasteiger charge is 2.21. The van der Waals surface area contributed by atoms with Gasteiger partial charge >= 0.3 is 0 Å². The third kappa shape index (κ3) is 3.19.